The van der Waals surface area contributed by atoms with Crippen LogP contribution in [0.25, 0.3) is 5.69 Å². The number of piperazine rings is 1. The molecule has 0 bridgehead atoms. The highest BCUT2D eigenvalue weighted by Gasteiger charge is 2.13. The smallest absolute Gasteiger partial charge is 0.0651 e. The Hall–Kier alpha value is -1.65. The Morgan fingerprint density at radius 1 is 1.04 bits per heavy atom. The number of aryl methyl sites for hydroxylation is 3. The Kier molecular flexibility index (Phi) is 5.13. The predicted molar refractivity (Wildman–Crippen MR) is 95.3 cm³/mol. The standard InChI is InChI=1S/C19H28N4/c1-16-14-17(2)23(20-16)19-8-4-6-18(15-19)7-5-9-22-12-10-21(3)11-13-22/h4,6,8,14-15H,5,7,9-13H2,1-3H3. The summed E-state index contributed by atoms with van der Waals surface area (Å²) in [6.45, 7) is 10.2. The lowest BCUT2D eigenvalue weighted by Gasteiger charge is -2.32. The maximum absolute atomic E-state index is 4.59. The highest BCUT2D eigenvalue weighted by Crippen LogP contribution is 2.15. The van der Waals surface area contributed by atoms with Gasteiger partial charge in [0.15, 0.2) is 0 Å². The van der Waals surface area contributed by atoms with Gasteiger partial charge in [0.2, 0.25) is 0 Å². The Balaban J connectivity index is 1.57. The number of hydrogen-bond donors (Lipinski definition) is 0. The molecule has 1 aromatic heterocycles. The lowest BCUT2D eigenvalue weighted by Crippen LogP contribution is -2.44. The predicted octanol–water partition coefficient (Wildman–Crippen LogP) is 2.67. The minimum absolute atomic E-state index is 1.07. The minimum atomic E-state index is 1.07. The summed E-state index contributed by atoms with van der Waals surface area (Å²) < 4.78 is 2.04. The van der Waals surface area contributed by atoms with E-state index in [0.717, 1.165) is 12.1 Å². The van der Waals surface area contributed by atoms with Crippen LogP contribution in [0.4, 0.5) is 0 Å². The molecule has 2 aromatic rings. The first kappa shape index (κ1) is 16.2. The van der Waals surface area contributed by atoms with Crippen LogP contribution in [-0.4, -0.2) is 59.4 Å². The Morgan fingerprint density at radius 2 is 1.83 bits per heavy atom. The third-order valence-electron chi connectivity index (χ3n) is 4.70. The minimum Gasteiger partial charge on any atom is -0.304 e. The van der Waals surface area contributed by atoms with Crippen LogP contribution in [0.3, 0.4) is 0 Å². The van der Waals surface area contributed by atoms with Crippen molar-refractivity contribution in [3.8, 4) is 5.69 Å². The van der Waals surface area contributed by atoms with Gasteiger partial charge in [-0.15, -0.1) is 0 Å². The third-order valence-corrected chi connectivity index (χ3v) is 4.70. The zero-order valence-corrected chi connectivity index (χ0v) is 14.6. The molecule has 2 heterocycles. The Morgan fingerprint density at radius 3 is 2.52 bits per heavy atom. The summed E-state index contributed by atoms with van der Waals surface area (Å²) in [5, 5.41) is 4.59. The van der Waals surface area contributed by atoms with Crippen LogP contribution >= 0.6 is 0 Å². The van der Waals surface area contributed by atoms with E-state index in [4.69, 9.17) is 0 Å². The number of nitrogens with zero attached hydrogens (tertiary/aromatic N) is 4. The third kappa shape index (κ3) is 4.21. The van der Waals surface area contributed by atoms with E-state index in [2.05, 4.69) is 59.2 Å². The number of rotatable bonds is 5. The van der Waals surface area contributed by atoms with Crippen molar-refractivity contribution in [2.45, 2.75) is 26.7 Å². The van der Waals surface area contributed by atoms with Crippen molar-refractivity contribution < 1.29 is 0 Å². The molecule has 0 radical (unpaired) electrons. The molecule has 0 atom stereocenters. The van der Waals surface area contributed by atoms with E-state index >= 15 is 0 Å². The van der Waals surface area contributed by atoms with E-state index in [0.29, 0.717) is 0 Å². The average Bonchev–Trinajstić information content (AvgIpc) is 2.88. The Bertz CT molecular complexity index is 639. The fourth-order valence-electron chi connectivity index (χ4n) is 3.31. The average molecular weight is 312 g/mol. The summed E-state index contributed by atoms with van der Waals surface area (Å²) in [7, 11) is 2.21. The second kappa shape index (κ2) is 7.28. The van der Waals surface area contributed by atoms with Gasteiger partial charge in [0, 0.05) is 31.9 Å². The van der Waals surface area contributed by atoms with Gasteiger partial charge in [-0.05, 0) is 64.0 Å². The molecule has 1 aliphatic heterocycles. The monoisotopic (exact) mass is 312 g/mol. The van der Waals surface area contributed by atoms with Gasteiger partial charge < -0.3 is 9.80 Å². The van der Waals surface area contributed by atoms with E-state index < -0.39 is 0 Å². The van der Waals surface area contributed by atoms with Crippen molar-refractivity contribution >= 4 is 0 Å². The van der Waals surface area contributed by atoms with Gasteiger partial charge in [0.1, 0.15) is 0 Å². The van der Waals surface area contributed by atoms with Crippen molar-refractivity contribution in [2.24, 2.45) is 0 Å². The fourth-order valence-corrected chi connectivity index (χ4v) is 3.31. The van der Waals surface area contributed by atoms with Crippen molar-refractivity contribution in [3.05, 3.63) is 47.3 Å². The summed E-state index contributed by atoms with van der Waals surface area (Å²) in [5.41, 5.74) is 4.84. The Labute approximate surface area is 139 Å². The normalized spacial score (nSPS) is 16.8. The van der Waals surface area contributed by atoms with Crippen LogP contribution in [0.5, 0.6) is 0 Å². The molecule has 1 saturated heterocycles. The van der Waals surface area contributed by atoms with Crippen molar-refractivity contribution in [1.82, 2.24) is 19.6 Å². The number of benzene rings is 1. The summed E-state index contributed by atoms with van der Waals surface area (Å²) in [4.78, 5) is 5.00. The van der Waals surface area contributed by atoms with Crippen LogP contribution in [0.15, 0.2) is 30.3 Å². The molecular formula is C19H28N4. The first-order valence-electron chi connectivity index (χ1n) is 8.65. The van der Waals surface area contributed by atoms with Gasteiger partial charge in [-0.3, -0.25) is 0 Å². The van der Waals surface area contributed by atoms with E-state index in [1.54, 1.807) is 0 Å². The van der Waals surface area contributed by atoms with Gasteiger partial charge >= 0.3 is 0 Å². The van der Waals surface area contributed by atoms with Crippen molar-refractivity contribution in [2.75, 3.05) is 39.8 Å². The molecule has 1 aliphatic rings. The number of likely N-dealkylation sites (N-methyl/N-ethyl adjacent to an activating group) is 1. The quantitative estimate of drug-likeness (QED) is 0.848. The second-order valence-electron chi connectivity index (χ2n) is 6.76. The van der Waals surface area contributed by atoms with Crippen molar-refractivity contribution in [3.63, 3.8) is 0 Å². The van der Waals surface area contributed by atoms with Gasteiger partial charge in [0.25, 0.3) is 0 Å². The van der Waals surface area contributed by atoms with Gasteiger partial charge in [0.05, 0.1) is 11.4 Å². The van der Waals surface area contributed by atoms with Crippen LogP contribution < -0.4 is 0 Å². The zero-order valence-electron chi connectivity index (χ0n) is 14.6. The molecule has 23 heavy (non-hydrogen) atoms. The lowest BCUT2D eigenvalue weighted by molar-refractivity contribution is 0.153. The number of hydrogen-bond acceptors (Lipinski definition) is 3. The van der Waals surface area contributed by atoms with E-state index in [-0.39, 0.29) is 0 Å². The zero-order chi connectivity index (χ0) is 16.2. The molecule has 0 saturated carbocycles. The molecule has 1 fully saturated rings. The molecule has 0 aliphatic carbocycles. The lowest BCUT2D eigenvalue weighted by atomic mass is 10.1. The molecule has 1 aromatic carbocycles. The molecule has 124 valence electrons. The summed E-state index contributed by atoms with van der Waals surface area (Å²) in [5.74, 6) is 0. The molecule has 0 N–H and O–H groups in total. The molecule has 0 unspecified atom stereocenters. The van der Waals surface area contributed by atoms with E-state index in [1.165, 1.54) is 56.1 Å². The number of aromatic nitrogens is 2. The summed E-state index contributed by atoms with van der Waals surface area (Å²) >= 11 is 0. The summed E-state index contributed by atoms with van der Waals surface area (Å²) in [6, 6.07) is 10.9. The molecule has 4 nitrogen and oxygen atoms in total. The van der Waals surface area contributed by atoms with E-state index in [9.17, 15) is 0 Å². The van der Waals surface area contributed by atoms with Crippen LogP contribution in [0.1, 0.15) is 23.4 Å². The molecule has 4 heteroatoms. The molecule has 0 amide bonds. The van der Waals surface area contributed by atoms with Crippen molar-refractivity contribution in [1.29, 1.82) is 0 Å². The maximum Gasteiger partial charge on any atom is 0.0651 e. The highest BCUT2D eigenvalue weighted by atomic mass is 15.3. The fraction of sp³-hybridized carbons (Fsp3) is 0.526. The largest absolute Gasteiger partial charge is 0.304 e. The summed E-state index contributed by atoms with van der Waals surface area (Å²) in [6.07, 6.45) is 2.36. The molecule has 3 rings (SSSR count). The van der Waals surface area contributed by atoms with E-state index in [1.807, 2.05) is 11.6 Å². The first-order chi connectivity index (χ1) is 11.1. The SMILES string of the molecule is Cc1cc(C)n(-c2cccc(CCCN3CCN(C)CC3)c2)n1. The first-order valence-corrected chi connectivity index (χ1v) is 8.65. The second-order valence-corrected chi connectivity index (χ2v) is 6.76. The van der Waals surface area contributed by atoms with Crippen LogP contribution in [0, 0.1) is 13.8 Å². The van der Waals surface area contributed by atoms with Crippen LogP contribution in [0.2, 0.25) is 0 Å². The highest BCUT2D eigenvalue weighted by molar-refractivity contribution is 5.37. The molecular weight excluding hydrogens is 284 g/mol. The maximum atomic E-state index is 4.59. The van der Waals surface area contributed by atoms with Gasteiger partial charge in [-0.25, -0.2) is 4.68 Å². The van der Waals surface area contributed by atoms with Gasteiger partial charge in [-0.1, -0.05) is 12.1 Å². The topological polar surface area (TPSA) is 24.3 Å². The van der Waals surface area contributed by atoms with Gasteiger partial charge in [-0.2, -0.15) is 5.10 Å². The van der Waals surface area contributed by atoms with Crippen LogP contribution in [-0.2, 0) is 6.42 Å². The molecule has 0 spiro atoms.